The largest absolute Gasteiger partial charge is 0.496 e. The fourth-order valence-corrected chi connectivity index (χ4v) is 2.61. The fraction of sp³-hybridized carbons (Fsp3) is 0.100. The first kappa shape index (κ1) is 18.1. The molecule has 0 aliphatic rings. The first-order chi connectivity index (χ1) is 13.0. The summed E-state index contributed by atoms with van der Waals surface area (Å²) in [6, 6.07) is 13.4. The molecule has 0 unspecified atom stereocenters. The van der Waals surface area contributed by atoms with Crippen LogP contribution in [0.1, 0.15) is 18.2 Å². The highest BCUT2D eigenvalue weighted by Crippen LogP contribution is 2.27. The number of carbonyl (C=O) groups excluding carboxylic acids is 1. The minimum absolute atomic E-state index is 0.0286. The number of methoxy groups -OCH3 is 1. The number of nitro groups is 1. The summed E-state index contributed by atoms with van der Waals surface area (Å²) in [5.74, 6) is 0.466. The van der Waals surface area contributed by atoms with Gasteiger partial charge in [-0.3, -0.25) is 14.9 Å². The number of nitrogens with zero attached hydrogens (tertiary/aromatic N) is 2. The van der Waals surface area contributed by atoms with E-state index in [1.54, 1.807) is 36.4 Å². The lowest BCUT2D eigenvalue weighted by Crippen LogP contribution is -2.02. The zero-order valence-electron chi connectivity index (χ0n) is 14.7. The number of rotatable bonds is 5. The lowest BCUT2D eigenvalue weighted by atomic mass is 10.1. The summed E-state index contributed by atoms with van der Waals surface area (Å²) in [5, 5.41) is 11.8. The molecule has 27 heavy (non-hydrogen) atoms. The molecule has 7 heteroatoms. The summed E-state index contributed by atoms with van der Waals surface area (Å²) >= 11 is 0. The molecule has 7 nitrogen and oxygen atoms in total. The number of pyridine rings is 1. The van der Waals surface area contributed by atoms with Gasteiger partial charge >= 0.3 is 5.97 Å². The van der Waals surface area contributed by atoms with Crippen LogP contribution in [0.2, 0.25) is 0 Å². The number of aromatic nitrogens is 1. The van der Waals surface area contributed by atoms with Crippen LogP contribution in [-0.4, -0.2) is 23.0 Å². The van der Waals surface area contributed by atoms with E-state index in [1.807, 2.05) is 12.1 Å². The second-order valence-electron chi connectivity index (χ2n) is 5.67. The summed E-state index contributed by atoms with van der Waals surface area (Å²) in [7, 11) is 1.50. The van der Waals surface area contributed by atoms with E-state index in [1.165, 1.54) is 26.2 Å². The number of nitro benzene ring substituents is 1. The topological polar surface area (TPSA) is 91.6 Å². The Balaban J connectivity index is 2.00. The predicted molar refractivity (Wildman–Crippen MR) is 102 cm³/mol. The number of para-hydroxylation sites is 1. The van der Waals surface area contributed by atoms with Crippen molar-refractivity contribution in [2.45, 2.75) is 6.92 Å². The molecule has 3 aromatic rings. The Hall–Kier alpha value is -3.74. The smallest absolute Gasteiger partial charge is 0.308 e. The van der Waals surface area contributed by atoms with E-state index in [9.17, 15) is 14.9 Å². The van der Waals surface area contributed by atoms with Crippen LogP contribution >= 0.6 is 0 Å². The highest BCUT2D eigenvalue weighted by molar-refractivity contribution is 5.88. The third-order valence-corrected chi connectivity index (χ3v) is 3.82. The summed E-state index contributed by atoms with van der Waals surface area (Å²) in [5.41, 5.74) is 1.69. The molecule has 3 rings (SSSR count). The van der Waals surface area contributed by atoms with Crippen LogP contribution in [0.4, 0.5) is 5.69 Å². The molecular formula is C20H16N2O5. The number of carbonyl (C=O) groups is 1. The predicted octanol–water partition coefficient (Wildman–Crippen LogP) is 4.25. The average Bonchev–Trinajstić information content (AvgIpc) is 2.66. The van der Waals surface area contributed by atoms with Crippen LogP contribution in [0.25, 0.3) is 23.1 Å². The SMILES string of the molecule is COc1ccc([N+](=O)[O-])cc1C=Cc1ccc2cccc(OC(C)=O)c2n1. The Labute approximate surface area is 155 Å². The molecule has 2 aromatic carbocycles. The van der Waals surface area contributed by atoms with Crippen LogP contribution in [-0.2, 0) is 4.79 Å². The van der Waals surface area contributed by atoms with Gasteiger partial charge in [-0.1, -0.05) is 18.2 Å². The highest BCUT2D eigenvalue weighted by Gasteiger charge is 2.10. The lowest BCUT2D eigenvalue weighted by Gasteiger charge is -2.06. The van der Waals surface area contributed by atoms with Gasteiger partial charge in [-0.2, -0.15) is 0 Å². The number of fused-ring (bicyclic) bond motifs is 1. The maximum atomic E-state index is 11.3. The van der Waals surface area contributed by atoms with Gasteiger partial charge in [-0.05, 0) is 30.4 Å². The Kier molecular flexibility index (Phi) is 5.12. The van der Waals surface area contributed by atoms with Gasteiger partial charge in [0, 0.05) is 30.0 Å². The number of hydrogen-bond donors (Lipinski definition) is 0. The Morgan fingerprint density at radius 3 is 2.63 bits per heavy atom. The van der Waals surface area contributed by atoms with Crippen LogP contribution in [0.3, 0.4) is 0 Å². The van der Waals surface area contributed by atoms with E-state index in [0.717, 1.165) is 5.39 Å². The van der Waals surface area contributed by atoms with Crippen molar-refractivity contribution in [3.05, 3.63) is 69.9 Å². The monoisotopic (exact) mass is 364 g/mol. The second-order valence-corrected chi connectivity index (χ2v) is 5.67. The minimum Gasteiger partial charge on any atom is -0.496 e. The van der Waals surface area contributed by atoms with Gasteiger partial charge in [0.05, 0.1) is 17.7 Å². The van der Waals surface area contributed by atoms with Crippen molar-refractivity contribution in [1.29, 1.82) is 0 Å². The molecule has 0 saturated carbocycles. The molecular weight excluding hydrogens is 348 g/mol. The molecule has 0 fully saturated rings. The zero-order valence-corrected chi connectivity index (χ0v) is 14.7. The van der Waals surface area contributed by atoms with Crippen molar-refractivity contribution in [2.24, 2.45) is 0 Å². The van der Waals surface area contributed by atoms with Crippen molar-refractivity contribution in [2.75, 3.05) is 7.11 Å². The fourth-order valence-electron chi connectivity index (χ4n) is 2.61. The molecule has 0 aliphatic heterocycles. The number of benzene rings is 2. The molecule has 0 amide bonds. The number of non-ortho nitro benzene ring substituents is 1. The van der Waals surface area contributed by atoms with Gasteiger partial charge in [0.2, 0.25) is 0 Å². The standard InChI is InChI=1S/C20H16N2O5/c1-13(23)27-19-5-3-4-14-6-8-16(21-20(14)19)9-7-15-12-17(22(24)25)10-11-18(15)26-2/h3-12H,1-2H3. The normalized spacial score (nSPS) is 10.9. The Morgan fingerprint density at radius 2 is 1.93 bits per heavy atom. The highest BCUT2D eigenvalue weighted by atomic mass is 16.6. The van der Waals surface area contributed by atoms with Gasteiger partial charge in [0.15, 0.2) is 5.75 Å². The molecule has 1 heterocycles. The van der Waals surface area contributed by atoms with E-state index in [0.29, 0.717) is 28.3 Å². The Bertz CT molecular complexity index is 1060. The number of hydrogen-bond acceptors (Lipinski definition) is 6. The van der Waals surface area contributed by atoms with Crippen molar-refractivity contribution in [3.63, 3.8) is 0 Å². The number of ether oxygens (including phenoxy) is 2. The first-order valence-electron chi connectivity index (χ1n) is 8.06. The third-order valence-electron chi connectivity index (χ3n) is 3.82. The maximum absolute atomic E-state index is 11.3. The van der Waals surface area contributed by atoms with Gasteiger partial charge in [-0.15, -0.1) is 0 Å². The zero-order chi connectivity index (χ0) is 19.4. The van der Waals surface area contributed by atoms with Crippen LogP contribution in [0.15, 0.2) is 48.5 Å². The number of esters is 1. The molecule has 0 aliphatic carbocycles. The van der Waals surface area contributed by atoms with Gasteiger partial charge in [0.1, 0.15) is 11.3 Å². The summed E-state index contributed by atoms with van der Waals surface area (Å²) in [6.45, 7) is 1.33. The minimum atomic E-state index is -0.462. The molecule has 136 valence electrons. The van der Waals surface area contributed by atoms with Gasteiger partial charge in [-0.25, -0.2) is 4.98 Å². The second kappa shape index (κ2) is 7.65. The quantitative estimate of drug-likeness (QED) is 0.291. The first-order valence-corrected chi connectivity index (χ1v) is 8.06. The van der Waals surface area contributed by atoms with Crippen LogP contribution in [0, 0.1) is 10.1 Å². The van der Waals surface area contributed by atoms with Gasteiger partial charge < -0.3 is 9.47 Å². The van der Waals surface area contributed by atoms with E-state index in [4.69, 9.17) is 9.47 Å². The average molecular weight is 364 g/mol. The van der Waals surface area contributed by atoms with Crippen molar-refractivity contribution in [1.82, 2.24) is 4.98 Å². The molecule has 0 N–H and O–H groups in total. The molecule has 1 aromatic heterocycles. The van der Waals surface area contributed by atoms with Crippen molar-refractivity contribution < 1.29 is 19.2 Å². The van der Waals surface area contributed by atoms with Crippen LogP contribution in [0.5, 0.6) is 11.5 Å². The summed E-state index contributed by atoms with van der Waals surface area (Å²) in [4.78, 5) is 26.3. The van der Waals surface area contributed by atoms with E-state index >= 15 is 0 Å². The third kappa shape index (κ3) is 4.09. The summed E-state index contributed by atoms with van der Waals surface area (Å²) < 4.78 is 10.5. The van der Waals surface area contributed by atoms with Gasteiger partial charge in [0.25, 0.3) is 5.69 Å². The van der Waals surface area contributed by atoms with E-state index in [-0.39, 0.29) is 5.69 Å². The van der Waals surface area contributed by atoms with E-state index in [2.05, 4.69) is 4.98 Å². The van der Waals surface area contributed by atoms with E-state index < -0.39 is 10.9 Å². The molecule has 0 saturated heterocycles. The lowest BCUT2D eigenvalue weighted by molar-refractivity contribution is -0.384. The Morgan fingerprint density at radius 1 is 1.11 bits per heavy atom. The molecule has 0 bridgehead atoms. The molecule has 0 radical (unpaired) electrons. The van der Waals surface area contributed by atoms with Crippen LogP contribution < -0.4 is 9.47 Å². The van der Waals surface area contributed by atoms with Crippen molar-refractivity contribution in [3.8, 4) is 11.5 Å². The molecule has 0 atom stereocenters. The van der Waals surface area contributed by atoms with Crippen molar-refractivity contribution >= 4 is 34.7 Å². The maximum Gasteiger partial charge on any atom is 0.308 e. The molecule has 0 spiro atoms. The summed E-state index contributed by atoms with van der Waals surface area (Å²) in [6.07, 6.45) is 3.40.